The molecular formula is C15H15NO3S2. The van der Waals surface area contributed by atoms with Crippen LogP contribution in [0.25, 0.3) is 0 Å². The van der Waals surface area contributed by atoms with Gasteiger partial charge in [-0.05, 0) is 30.5 Å². The van der Waals surface area contributed by atoms with E-state index in [1.165, 1.54) is 22.5 Å². The van der Waals surface area contributed by atoms with E-state index in [1.54, 1.807) is 18.7 Å². The third-order valence-corrected chi connectivity index (χ3v) is 5.63. The third kappa shape index (κ3) is 3.22. The van der Waals surface area contributed by atoms with Gasteiger partial charge in [0.05, 0.1) is 12.3 Å². The summed E-state index contributed by atoms with van der Waals surface area (Å²) in [4.78, 5) is 15.6. The Hall–Kier alpha value is -1.53. The summed E-state index contributed by atoms with van der Waals surface area (Å²) in [5, 5.41) is 9.02. The molecule has 6 heteroatoms. The molecule has 2 heterocycles. The third-order valence-electron chi connectivity index (χ3n) is 3.34. The zero-order chi connectivity index (χ0) is 14.8. The second-order valence-corrected chi connectivity index (χ2v) is 7.18. The summed E-state index contributed by atoms with van der Waals surface area (Å²) in [6, 6.07) is 6.34. The van der Waals surface area contributed by atoms with Crippen molar-refractivity contribution in [2.45, 2.75) is 24.1 Å². The molecule has 1 aromatic heterocycles. The van der Waals surface area contributed by atoms with Crippen LogP contribution in [0.15, 0.2) is 22.5 Å². The Labute approximate surface area is 131 Å². The summed E-state index contributed by atoms with van der Waals surface area (Å²) in [6.45, 7) is 2.52. The van der Waals surface area contributed by atoms with Gasteiger partial charge in [0, 0.05) is 12.2 Å². The average Bonchev–Trinajstić information content (AvgIpc) is 3.04. The van der Waals surface area contributed by atoms with Gasteiger partial charge < -0.3 is 9.84 Å². The molecule has 0 bridgehead atoms. The molecule has 0 radical (unpaired) electrons. The van der Waals surface area contributed by atoms with Crippen LogP contribution in [0.3, 0.4) is 0 Å². The van der Waals surface area contributed by atoms with Crippen LogP contribution in [-0.4, -0.2) is 28.4 Å². The van der Waals surface area contributed by atoms with Crippen LogP contribution >= 0.6 is 23.1 Å². The molecule has 0 spiro atoms. The summed E-state index contributed by atoms with van der Waals surface area (Å²) in [5.41, 5.74) is 3.18. The molecule has 2 aromatic rings. The van der Waals surface area contributed by atoms with Crippen LogP contribution in [0.2, 0.25) is 0 Å². The fourth-order valence-electron chi connectivity index (χ4n) is 2.28. The first kappa shape index (κ1) is 14.4. The van der Waals surface area contributed by atoms with Crippen molar-refractivity contribution in [3.8, 4) is 5.75 Å². The van der Waals surface area contributed by atoms with Gasteiger partial charge in [0.2, 0.25) is 0 Å². The maximum absolute atomic E-state index is 11.0. The van der Waals surface area contributed by atoms with E-state index in [1.807, 2.05) is 6.07 Å². The number of aromatic carboxylic acids is 1. The largest absolute Gasteiger partial charge is 0.493 e. The Kier molecular flexibility index (Phi) is 4.17. The Morgan fingerprint density at radius 2 is 2.38 bits per heavy atom. The molecule has 0 atom stereocenters. The van der Waals surface area contributed by atoms with E-state index in [2.05, 4.69) is 17.1 Å². The van der Waals surface area contributed by atoms with E-state index in [-0.39, 0.29) is 0 Å². The highest BCUT2D eigenvalue weighted by molar-refractivity contribution is 8.01. The molecule has 0 unspecified atom stereocenters. The van der Waals surface area contributed by atoms with Gasteiger partial charge in [-0.1, -0.05) is 23.9 Å². The van der Waals surface area contributed by atoms with E-state index in [0.717, 1.165) is 35.3 Å². The number of ether oxygens (including phenoxy) is 1. The number of aromatic nitrogens is 1. The molecule has 0 aliphatic carbocycles. The molecule has 1 aliphatic rings. The summed E-state index contributed by atoms with van der Waals surface area (Å²) in [5.74, 6) is 1.01. The quantitative estimate of drug-likeness (QED) is 0.855. The summed E-state index contributed by atoms with van der Waals surface area (Å²) in [6.07, 6.45) is 1.93. The normalized spacial score (nSPS) is 13.0. The van der Waals surface area contributed by atoms with Crippen molar-refractivity contribution in [3.05, 3.63) is 39.9 Å². The van der Waals surface area contributed by atoms with Gasteiger partial charge >= 0.3 is 5.97 Å². The van der Waals surface area contributed by atoms with E-state index >= 15 is 0 Å². The van der Waals surface area contributed by atoms with Crippen LogP contribution in [0.5, 0.6) is 5.75 Å². The zero-order valence-electron chi connectivity index (χ0n) is 11.6. The number of thiazole rings is 1. The van der Waals surface area contributed by atoms with Crippen molar-refractivity contribution in [3.63, 3.8) is 0 Å². The number of hydrogen-bond acceptors (Lipinski definition) is 5. The lowest BCUT2D eigenvalue weighted by Gasteiger charge is -2.03. The standard InChI is InChI=1S/C15H15NO3S2/c1-9-13(14(17)18)21-15(16-9)20-7-5-10-2-3-12-11(8-10)4-6-19-12/h2-3,8H,4-7H2,1H3,(H,17,18). The van der Waals surface area contributed by atoms with Gasteiger partial charge in [-0.15, -0.1) is 11.3 Å². The molecule has 1 N–H and O–H groups in total. The lowest BCUT2D eigenvalue weighted by Crippen LogP contribution is -1.94. The van der Waals surface area contributed by atoms with E-state index in [9.17, 15) is 4.79 Å². The van der Waals surface area contributed by atoms with Gasteiger partial charge in [-0.3, -0.25) is 0 Å². The van der Waals surface area contributed by atoms with E-state index in [4.69, 9.17) is 9.84 Å². The minimum absolute atomic E-state index is 0.340. The number of hydrogen-bond donors (Lipinski definition) is 1. The van der Waals surface area contributed by atoms with Crippen molar-refractivity contribution < 1.29 is 14.6 Å². The summed E-state index contributed by atoms with van der Waals surface area (Å²) in [7, 11) is 0. The van der Waals surface area contributed by atoms with Crippen molar-refractivity contribution in [2.24, 2.45) is 0 Å². The molecule has 0 fully saturated rings. The Balaban J connectivity index is 1.59. The average molecular weight is 321 g/mol. The first-order valence-corrected chi connectivity index (χ1v) is 8.52. The number of carboxylic acid groups (broad SMARTS) is 1. The van der Waals surface area contributed by atoms with Gasteiger partial charge in [-0.2, -0.15) is 0 Å². The number of aryl methyl sites for hydroxylation is 2. The van der Waals surface area contributed by atoms with E-state index in [0.29, 0.717) is 10.6 Å². The number of nitrogens with zero attached hydrogens (tertiary/aromatic N) is 1. The Bertz CT molecular complexity index is 682. The first-order chi connectivity index (χ1) is 10.1. The maximum Gasteiger partial charge on any atom is 0.347 e. The molecule has 1 aliphatic heterocycles. The van der Waals surface area contributed by atoms with Crippen LogP contribution in [-0.2, 0) is 12.8 Å². The lowest BCUT2D eigenvalue weighted by molar-refractivity contribution is 0.0701. The van der Waals surface area contributed by atoms with Gasteiger partial charge in [0.15, 0.2) is 4.34 Å². The predicted octanol–water partition coefficient (Wildman–Crippen LogP) is 3.42. The molecule has 21 heavy (non-hydrogen) atoms. The second-order valence-electron chi connectivity index (χ2n) is 4.84. The highest BCUT2D eigenvalue weighted by atomic mass is 32.2. The number of carboxylic acids is 1. The molecule has 0 amide bonds. The monoisotopic (exact) mass is 321 g/mol. The van der Waals surface area contributed by atoms with Crippen LogP contribution in [0.1, 0.15) is 26.5 Å². The smallest absolute Gasteiger partial charge is 0.347 e. The Morgan fingerprint density at radius 1 is 1.52 bits per heavy atom. The van der Waals surface area contributed by atoms with Crippen LogP contribution in [0.4, 0.5) is 0 Å². The van der Waals surface area contributed by atoms with Gasteiger partial charge in [-0.25, -0.2) is 9.78 Å². The molecule has 1 aromatic carbocycles. The second kappa shape index (κ2) is 6.07. The fraction of sp³-hybridized carbons (Fsp3) is 0.333. The first-order valence-electron chi connectivity index (χ1n) is 6.71. The van der Waals surface area contributed by atoms with Crippen molar-refractivity contribution in [1.29, 1.82) is 0 Å². The predicted molar refractivity (Wildman–Crippen MR) is 83.9 cm³/mol. The lowest BCUT2D eigenvalue weighted by atomic mass is 10.1. The van der Waals surface area contributed by atoms with Crippen molar-refractivity contribution in [1.82, 2.24) is 4.98 Å². The SMILES string of the molecule is Cc1nc(SCCc2ccc3c(c2)CCO3)sc1C(=O)O. The maximum atomic E-state index is 11.0. The highest BCUT2D eigenvalue weighted by Crippen LogP contribution is 2.29. The fourth-order valence-corrected chi connectivity index (χ4v) is 4.37. The molecule has 0 saturated carbocycles. The van der Waals surface area contributed by atoms with Gasteiger partial charge in [0.1, 0.15) is 10.6 Å². The number of rotatable bonds is 5. The van der Waals surface area contributed by atoms with Gasteiger partial charge in [0.25, 0.3) is 0 Å². The number of carbonyl (C=O) groups is 1. The minimum Gasteiger partial charge on any atom is -0.493 e. The van der Waals surface area contributed by atoms with Crippen molar-refractivity contribution in [2.75, 3.05) is 12.4 Å². The highest BCUT2D eigenvalue weighted by Gasteiger charge is 2.15. The number of thioether (sulfide) groups is 1. The Morgan fingerprint density at radius 3 is 3.14 bits per heavy atom. The van der Waals surface area contributed by atoms with E-state index < -0.39 is 5.97 Å². The molecule has 4 nitrogen and oxygen atoms in total. The number of fused-ring (bicyclic) bond motifs is 1. The zero-order valence-corrected chi connectivity index (χ0v) is 13.2. The topological polar surface area (TPSA) is 59.4 Å². The minimum atomic E-state index is -0.893. The molecule has 110 valence electrons. The number of benzene rings is 1. The van der Waals surface area contributed by atoms with Crippen LogP contribution in [0, 0.1) is 6.92 Å². The molecule has 3 rings (SSSR count). The van der Waals surface area contributed by atoms with Crippen molar-refractivity contribution >= 4 is 29.1 Å². The summed E-state index contributed by atoms with van der Waals surface area (Å²) < 4.78 is 6.32. The summed E-state index contributed by atoms with van der Waals surface area (Å²) >= 11 is 2.87. The molecular weight excluding hydrogens is 306 g/mol. The van der Waals surface area contributed by atoms with Crippen LogP contribution < -0.4 is 4.74 Å². The molecule has 0 saturated heterocycles.